The highest BCUT2D eigenvalue weighted by atomic mass is 16.3. The Bertz CT molecular complexity index is 274. The highest BCUT2D eigenvalue weighted by Gasteiger charge is 2.05. The molecule has 0 aromatic carbocycles. The molecule has 1 unspecified atom stereocenters. The number of hydrogen-bond acceptors (Lipinski definition) is 4. The van der Waals surface area contributed by atoms with Gasteiger partial charge in [-0.3, -0.25) is 4.68 Å². The maximum Gasteiger partial charge on any atom is 0.0738 e. The minimum atomic E-state index is 0.271. The van der Waals surface area contributed by atoms with Crippen LogP contribution in [-0.4, -0.2) is 33.3 Å². The van der Waals surface area contributed by atoms with Gasteiger partial charge in [0.2, 0.25) is 0 Å². The van der Waals surface area contributed by atoms with Gasteiger partial charge >= 0.3 is 0 Å². The molecule has 0 aliphatic rings. The lowest BCUT2D eigenvalue weighted by atomic mass is 10.0. The number of nitrogens with one attached hydrogen (secondary N) is 1. The van der Waals surface area contributed by atoms with Gasteiger partial charge in [-0.1, -0.05) is 18.6 Å². The lowest BCUT2D eigenvalue weighted by molar-refractivity contribution is 0.251. The number of hydrogen-bond donors (Lipinski definition) is 2. The Balaban J connectivity index is 2.23. The van der Waals surface area contributed by atoms with Crippen LogP contribution in [0.15, 0.2) is 6.20 Å². The van der Waals surface area contributed by atoms with Crippen LogP contribution in [0.3, 0.4) is 0 Å². The molecule has 1 atom stereocenters. The van der Waals surface area contributed by atoms with Crippen molar-refractivity contribution in [1.82, 2.24) is 20.3 Å². The average Bonchev–Trinajstić information content (AvgIpc) is 2.63. The van der Waals surface area contributed by atoms with Crippen molar-refractivity contribution in [2.24, 2.45) is 13.0 Å². The van der Waals surface area contributed by atoms with Crippen LogP contribution >= 0.6 is 0 Å². The minimum absolute atomic E-state index is 0.271. The molecule has 0 radical (unpaired) electrons. The molecule has 1 rings (SSSR count). The highest BCUT2D eigenvalue weighted by molar-refractivity contribution is 4.92. The van der Waals surface area contributed by atoms with E-state index < -0.39 is 0 Å². The maximum absolute atomic E-state index is 8.84. The fourth-order valence-electron chi connectivity index (χ4n) is 1.51. The maximum atomic E-state index is 8.84. The minimum Gasteiger partial charge on any atom is -0.396 e. The molecule has 0 bridgehead atoms. The second-order valence-electron chi connectivity index (χ2n) is 3.77. The summed E-state index contributed by atoms with van der Waals surface area (Å²) in [5.74, 6) is 0.552. The van der Waals surface area contributed by atoms with Crippen LogP contribution in [0.1, 0.15) is 25.5 Å². The summed E-state index contributed by atoms with van der Waals surface area (Å²) in [6.45, 7) is 4.13. The Morgan fingerprint density at radius 2 is 2.40 bits per heavy atom. The van der Waals surface area contributed by atoms with Crippen molar-refractivity contribution in [1.29, 1.82) is 0 Å². The molecule has 5 heteroatoms. The Morgan fingerprint density at radius 1 is 1.60 bits per heavy atom. The molecule has 0 fully saturated rings. The van der Waals surface area contributed by atoms with Crippen molar-refractivity contribution in [2.45, 2.75) is 26.3 Å². The van der Waals surface area contributed by atoms with Gasteiger partial charge in [-0.05, 0) is 18.9 Å². The summed E-state index contributed by atoms with van der Waals surface area (Å²) in [4.78, 5) is 0. The van der Waals surface area contributed by atoms with E-state index in [0.29, 0.717) is 5.92 Å². The van der Waals surface area contributed by atoms with Crippen molar-refractivity contribution in [3.63, 3.8) is 0 Å². The van der Waals surface area contributed by atoms with Crippen LogP contribution < -0.4 is 5.32 Å². The van der Waals surface area contributed by atoms with Crippen LogP contribution in [0.2, 0.25) is 0 Å². The highest BCUT2D eigenvalue weighted by Crippen LogP contribution is 2.05. The lowest BCUT2D eigenvalue weighted by Gasteiger charge is -2.13. The van der Waals surface area contributed by atoms with E-state index in [1.54, 1.807) is 10.9 Å². The molecule has 2 N–H and O–H groups in total. The van der Waals surface area contributed by atoms with Gasteiger partial charge in [0.1, 0.15) is 0 Å². The Hall–Kier alpha value is -0.940. The first-order chi connectivity index (χ1) is 7.27. The number of aliphatic hydroxyl groups excluding tert-OH is 1. The second kappa shape index (κ2) is 6.53. The van der Waals surface area contributed by atoms with Gasteiger partial charge < -0.3 is 10.4 Å². The van der Waals surface area contributed by atoms with Crippen LogP contribution in [0.25, 0.3) is 0 Å². The number of rotatable bonds is 7. The smallest absolute Gasteiger partial charge is 0.0738 e. The van der Waals surface area contributed by atoms with Gasteiger partial charge in [-0.25, -0.2) is 0 Å². The molecule has 0 aliphatic heterocycles. The van der Waals surface area contributed by atoms with E-state index >= 15 is 0 Å². The topological polar surface area (TPSA) is 63.0 Å². The van der Waals surface area contributed by atoms with Crippen LogP contribution in [0.5, 0.6) is 0 Å². The number of nitrogens with zero attached hydrogens (tertiary/aromatic N) is 3. The van der Waals surface area contributed by atoms with Gasteiger partial charge in [0.05, 0.1) is 11.9 Å². The third-order valence-corrected chi connectivity index (χ3v) is 2.66. The van der Waals surface area contributed by atoms with E-state index in [-0.39, 0.29) is 6.61 Å². The lowest BCUT2D eigenvalue weighted by Crippen LogP contribution is -2.23. The van der Waals surface area contributed by atoms with Crippen molar-refractivity contribution in [2.75, 3.05) is 13.2 Å². The molecule has 1 heterocycles. The molecular weight excluding hydrogens is 192 g/mol. The quantitative estimate of drug-likeness (QED) is 0.683. The Labute approximate surface area is 90.5 Å². The van der Waals surface area contributed by atoms with Gasteiger partial charge in [0.15, 0.2) is 0 Å². The summed E-state index contributed by atoms with van der Waals surface area (Å²) in [6.07, 6.45) is 3.73. The molecular formula is C10H20N4O. The molecule has 15 heavy (non-hydrogen) atoms. The fraction of sp³-hybridized carbons (Fsp3) is 0.800. The molecule has 0 spiro atoms. The van der Waals surface area contributed by atoms with E-state index in [9.17, 15) is 0 Å². The molecule has 1 aromatic rings. The van der Waals surface area contributed by atoms with E-state index in [2.05, 4.69) is 22.6 Å². The largest absolute Gasteiger partial charge is 0.396 e. The molecule has 0 amide bonds. The van der Waals surface area contributed by atoms with Gasteiger partial charge in [0.25, 0.3) is 0 Å². The third-order valence-electron chi connectivity index (χ3n) is 2.66. The Kier molecular flexibility index (Phi) is 5.28. The first kappa shape index (κ1) is 12.1. The zero-order valence-corrected chi connectivity index (χ0v) is 9.48. The fourth-order valence-corrected chi connectivity index (χ4v) is 1.51. The van der Waals surface area contributed by atoms with Crippen LogP contribution in [0.4, 0.5) is 0 Å². The van der Waals surface area contributed by atoms with Gasteiger partial charge in [-0.15, -0.1) is 5.10 Å². The van der Waals surface area contributed by atoms with Crippen molar-refractivity contribution >= 4 is 0 Å². The summed E-state index contributed by atoms with van der Waals surface area (Å²) >= 11 is 0. The van der Waals surface area contributed by atoms with E-state index in [1.165, 1.54) is 0 Å². The summed E-state index contributed by atoms with van der Waals surface area (Å²) in [6, 6.07) is 0. The monoisotopic (exact) mass is 212 g/mol. The van der Waals surface area contributed by atoms with Crippen molar-refractivity contribution in [3.8, 4) is 0 Å². The normalized spacial score (nSPS) is 13.0. The molecule has 0 aliphatic carbocycles. The molecule has 0 saturated heterocycles. The summed E-state index contributed by atoms with van der Waals surface area (Å²) in [5, 5.41) is 19.9. The van der Waals surface area contributed by atoms with Crippen molar-refractivity contribution < 1.29 is 5.11 Å². The zero-order chi connectivity index (χ0) is 11.1. The first-order valence-corrected chi connectivity index (χ1v) is 5.43. The standard InChI is InChI=1S/C10H20N4O/c1-3-9(4-5-15)6-11-7-10-8-12-13-14(10)2/h8-9,11,15H,3-7H2,1-2H3. The Morgan fingerprint density at radius 3 is 2.93 bits per heavy atom. The van der Waals surface area contributed by atoms with Gasteiger partial charge in [0, 0.05) is 20.2 Å². The van der Waals surface area contributed by atoms with E-state index in [4.69, 9.17) is 5.11 Å². The van der Waals surface area contributed by atoms with E-state index in [0.717, 1.165) is 31.6 Å². The number of aryl methyl sites for hydroxylation is 1. The molecule has 86 valence electrons. The predicted molar refractivity (Wildman–Crippen MR) is 58.2 cm³/mol. The van der Waals surface area contributed by atoms with Crippen molar-refractivity contribution in [3.05, 3.63) is 11.9 Å². The molecule has 1 aromatic heterocycles. The summed E-state index contributed by atoms with van der Waals surface area (Å²) in [5.41, 5.74) is 1.08. The predicted octanol–water partition coefficient (Wildman–Crippen LogP) is 0.313. The SMILES string of the molecule is CCC(CCO)CNCc1cnnn1C. The van der Waals surface area contributed by atoms with E-state index in [1.807, 2.05) is 7.05 Å². The molecule has 0 saturated carbocycles. The number of aliphatic hydroxyl groups is 1. The van der Waals surface area contributed by atoms with Gasteiger partial charge in [-0.2, -0.15) is 0 Å². The third kappa shape index (κ3) is 3.97. The second-order valence-corrected chi connectivity index (χ2v) is 3.77. The zero-order valence-electron chi connectivity index (χ0n) is 9.48. The van der Waals surface area contributed by atoms with Crippen LogP contribution in [0, 0.1) is 5.92 Å². The van der Waals surface area contributed by atoms with Crippen LogP contribution in [-0.2, 0) is 13.6 Å². The first-order valence-electron chi connectivity index (χ1n) is 5.43. The summed E-state index contributed by atoms with van der Waals surface area (Å²) < 4.78 is 1.76. The average molecular weight is 212 g/mol. The number of aromatic nitrogens is 3. The molecule has 5 nitrogen and oxygen atoms in total. The summed E-state index contributed by atoms with van der Waals surface area (Å²) in [7, 11) is 1.88.